The van der Waals surface area contributed by atoms with Gasteiger partial charge in [0.25, 0.3) is 0 Å². The fourth-order valence-corrected chi connectivity index (χ4v) is 4.15. The van der Waals surface area contributed by atoms with Crippen LogP contribution >= 0.6 is 11.3 Å². The van der Waals surface area contributed by atoms with Gasteiger partial charge in [-0.1, -0.05) is 19.4 Å². The van der Waals surface area contributed by atoms with E-state index in [9.17, 15) is 9.59 Å². The molecule has 23 heavy (non-hydrogen) atoms. The van der Waals surface area contributed by atoms with E-state index in [4.69, 9.17) is 0 Å². The Morgan fingerprint density at radius 1 is 1.30 bits per heavy atom. The first-order chi connectivity index (χ1) is 11.2. The van der Waals surface area contributed by atoms with E-state index in [0.29, 0.717) is 36.6 Å². The molecule has 3 rings (SSSR count). The van der Waals surface area contributed by atoms with E-state index in [-0.39, 0.29) is 5.91 Å². The van der Waals surface area contributed by atoms with Crippen molar-refractivity contribution >= 4 is 23.2 Å². The number of thiophene rings is 1. The normalized spacial score (nSPS) is 24.5. The molecule has 1 aromatic rings. The van der Waals surface area contributed by atoms with Crippen molar-refractivity contribution in [2.24, 2.45) is 17.8 Å². The molecule has 2 heterocycles. The summed E-state index contributed by atoms with van der Waals surface area (Å²) in [6.45, 7) is 4.47. The molecule has 2 atom stereocenters. The van der Waals surface area contributed by atoms with Crippen molar-refractivity contribution in [3.8, 4) is 0 Å². The number of amides is 2. The lowest BCUT2D eigenvalue weighted by Gasteiger charge is -2.38. The zero-order valence-electron chi connectivity index (χ0n) is 13.8. The molecule has 0 spiro atoms. The van der Waals surface area contributed by atoms with Crippen LogP contribution < -0.4 is 5.32 Å². The molecule has 4 nitrogen and oxygen atoms in total. The van der Waals surface area contributed by atoms with Gasteiger partial charge < -0.3 is 10.2 Å². The molecule has 126 valence electrons. The van der Waals surface area contributed by atoms with E-state index >= 15 is 0 Å². The van der Waals surface area contributed by atoms with Gasteiger partial charge in [-0.3, -0.25) is 9.59 Å². The minimum atomic E-state index is 0.142. The van der Waals surface area contributed by atoms with E-state index in [1.165, 1.54) is 4.88 Å². The van der Waals surface area contributed by atoms with E-state index in [1.807, 2.05) is 22.4 Å². The third-order valence-electron chi connectivity index (χ3n) is 5.14. The van der Waals surface area contributed by atoms with Crippen LogP contribution in [0.4, 0.5) is 0 Å². The van der Waals surface area contributed by atoms with Gasteiger partial charge in [0.2, 0.25) is 11.8 Å². The second-order valence-corrected chi connectivity index (χ2v) is 7.87. The Morgan fingerprint density at radius 3 is 2.78 bits per heavy atom. The summed E-state index contributed by atoms with van der Waals surface area (Å²) >= 11 is 1.67. The lowest BCUT2D eigenvalue weighted by molar-refractivity contribution is -0.135. The Bertz CT molecular complexity index is 539. The molecule has 1 saturated carbocycles. The molecule has 1 saturated heterocycles. The molecule has 1 N–H and O–H groups in total. The van der Waals surface area contributed by atoms with Gasteiger partial charge in [-0.15, -0.1) is 11.3 Å². The summed E-state index contributed by atoms with van der Waals surface area (Å²) in [5.74, 6) is 1.66. The van der Waals surface area contributed by atoms with Crippen LogP contribution in [-0.2, 0) is 16.1 Å². The SMILES string of the molecule is CC[C@H]1CN(C(=O)C2CC2)CC[C@H]1CC(=O)NCc1cccs1. The number of carbonyl (C=O) groups is 2. The molecular formula is C18H26N2O2S. The van der Waals surface area contributed by atoms with Crippen molar-refractivity contribution in [1.29, 1.82) is 0 Å². The zero-order valence-corrected chi connectivity index (χ0v) is 14.6. The molecule has 2 aliphatic rings. The third-order valence-corrected chi connectivity index (χ3v) is 6.02. The van der Waals surface area contributed by atoms with Crippen LogP contribution in [0, 0.1) is 17.8 Å². The van der Waals surface area contributed by atoms with Crippen LogP contribution in [-0.4, -0.2) is 29.8 Å². The largest absolute Gasteiger partial charge is 0.351 e. The van der Waals surface area contributed by atoms with Crippen molar-refractivity contribution in [3.63, 3.8) is 0 Å². The number of rotatable bonds is 6. The Balaban J connectivity index is 1.47. The number of likely N-dealkylation sites (tertiary alicyclic amines) is 1. The van der Waals surface area contributed by atoms with E-state index in [1.54, 1.807) is 11.3 Å². The number of nitrogens with zero attached hydrogens (tertiary/aromatic N) is 1. The number of piperidine rings is 1. The molecule has 0 radical (unpaired) electrons. The Labute approximate surface area is 142 Å². The summed E-state index contributed by atoms with van der Waals surface area (Å²) in [5.41, 5.74) is 0. The highest BCUT2D eigenvalue weighted by Crippen LogP contribution is 2.35. The standard InChI is InChI=1S/C18H26N2O2S/c1-2-13-12-20(18(22)14-5-6-14)8-7-15(13)10-17(21)19-11-16-4-3-9-23-16/h3-4,9,13-15H,2,5-8,10-12H2,1H3,(H,19,21)/t13-,15-/m0/s1. The topological polar surface area (TPSA) is 49.4 Å². The number of hydrogen-bond donors (Lipinski definition) is 1. The van der Waals surface area contributed by atoms with Crippen LogP contribution in [0.3, 0.4) is 0 Å². The van der Waals surface area contributed by atoms with Gasteiger partial charge >= 0.3 is 0 Å². The van der Waals surface area contributed by atoms with Crippen LogP contribution in [0.25, 0.3) is 0 Å². The van der Waals surface area contributed by atoms with Crippen LogP contribution in [0.1, 0.15) is 43.9 Å². The van der Waals surface area contributed by atoms with Gasteiger partial charge in [0.15, 0.2) is 0 Å². The first kappa shape index (κ1) is 16.5. The Morgan fingerprint density at radius 2 is 2.13 bits per heavy atom. The van der Waals surface area contributed by atoms with Crippen LogP contribution in [0.5, 0.6) is 0 Å². The lowest BCUT2D eigenvalue weighted by Crippen LogP contribution is -2.45. The minimum Gasteiger partial charge on any atom is -0.351 e. The summed E-state index contributed by atoms with van der Waals surface area (Å²) in [5, 5.41) is 5.06. The smallest absolute Gasteiger partial charge is 0.225 e. The van der Waals surface area contributed by atoms with Gasteiger partial charge in [-0.2, -0.15) is 0 Å². The third kappa shape index (κ3) is 4.34. The Kier molecular flexibility index (Phi) is 5.36. The first-order valence-corrected chi connectivity index (χ1v) is 9.63. The maximum atomic E-state index is 12.2. The Hall–Kier alpha value is -1.36. The number of nitrogens with one attached hydrogen (secondary N) is 1. The second-order valence-electron chi connectivity index (χ2n) is 6.84. The maximum Gasteiger partial charge on any atom is 0.225 e. The molecule has 1 aromatic heterocycles. The fraction of sp³-hybridized carbons (Fsp3) is 0.667. The highest BCUT2D eigenvalue weighted by Gasteiger charge is 2.37. The molecule has 0 bridgehead atoms. The summed E-state index contributed by atoms with van der Waals surface area (Å²) < 4.78 is 0. The summed E-state index contributed by atoms with van der Waals surface area (Å²) in [6.07, 6.45) is 4.73. The fourth-order valence-electron chi connectivity index (χ4n) is 3.51. The molecule has 1 aliphatic heterocycles. The molecule has 5 heteroatoms. The van der Waals surface area contributed by atoms with Gasteiger partial charge in [-0.05, 0) is 42.5 Å². The highest BCUT2D eigenvalue weighted by atomic mass is 32.1. The number of carbonyl (C=O) groups excluding carboxylic acids is 2. The maximum absolute atomic E-state index is 12.2. The minimum absolute atomic E-state index is 0.142. The zero-order chi connectivity index (χ0) is 16.2. The van der Waals surface area contributed by atoms with E-state index in [0.717, 1.165) is 38.8 Å². The summed E-state index contributed by atoms with van der Waals surface area (Å²) in [7, 11) is 0. The predicted octanol–water partition coefficient (Wildman–Crippen LogP) is 3.04. The molecule has 2 fully saturated rings. The van der Waals surface area contributed by atoms with Gasteiger partial charge in [0, 0.05) is 30.3 Å². The van der Waals surface area contributed by atoms with Crippen molar-refractivity contribution in [1.82, 2.24) is 10.2 Å². The number of hydrogen-bond acceptors (Lipinski definition) is 3. The van der Waals surface area contributed by atoms with Crippen LogP contribution in [0.2, 0.25) is 0 Å². The predicted molar refractivity (Wildman–Crippen MR) is 92.0 cm³/mol. The molecule has 0 aromatic carbocycles. The highest BCUT2D eigenvalue weighted by molar-refractivity contribution is 7.09. The average molecular weight is 334 g/mol. The summed E-state index contributed by atoms with van der Waals surface area (Å²) in [4.78, 5) is 27.7. The van der Waals surface area contributed by atoms with Gasteiger partial charge in [0.05, 0.1) is 6.54 Å². The van der Waals surface area contributed by atoms with Crippen molar-refractivity contribution in [3.05, 3.63) is 22.4 Å². The van der Waals surface area contributed by atoms with Gasteiger partial charge in [0.1, 0.15) is 0 Å². The lowest BCUT2D eigenvalue weighted by atomic mass is 9.81. The molecular weight excluding hydrogens is 308 g/mol. The summed E-state index contributed by atoms with van der Waals surface area (Å²) in [6, 6.07) is 4.05. The molecule has 1 aliphatic carbocycles. The average Bonchev–Trinajstić information content (AvgIpc) is 3.28. The van der Waals surface area contributed by atoms with Crippen molar-refractivity contribution in [2.75, 3.05) is 13.1 Å². The van der Waals surface area contributed by atoms with Crippen molar-refractivity contribution < 1.29 is 9.59 Å². The van der Waals surface area contributed by atoms with Crippen LogP contribution in [0.15, 0.2) is 17.5 Å². The van der Waals surface area contributed by atoms with Crippen molar-refractivity contribution in [2.45, 2.75) is 45.6 Å². The van der Waals surface area contributed by atoms with Gasteiger partial charge in [-0.25, -0.2) is 0 Å². The van der Waals surface area contributed by atoms with E-state index < -0.39 is 0 Å². The van der Waals surface area contributed by atoms with E-state index in [2.05, 4.69) is 12.2 Å². The molecule has 2 amide bonds. The monoisotopic (exact) mass is 334 g/mol. The second kappa shape index (κ2) is 7.47. The quantitative estimate of drug-likeness (QED) is 0.869. The molecule has 0 unspecified atom stereocenters. The first-order valence-electron chi connectivity index (χ1n) is 8.75.